The van der Waals surface area contributed by atoms with Gasteiger partial charge in [0, 0.05) is 26.2 Å². The highest BCUT2D eigenvalue weighted by Gasteiger charge is 2.30. The summed E-state index contributed by atoms with van der Waals surface area (Å²) in [6.45, 7) is 4.08. The molecule has 2 saturated heterocycles. The molecule has 1 aromatic carbocycles. The van der Waals surface area contributed by atoms with Gasteiger partial charge in [0.2, 0.25) is 10.0 Å². The normalized spacial score (nSPS) is 20.6. The monoisotopic (exact) mass is 440 g/mol. The van der Waals surface area contributed by atoms with Crippen LogP contribution in [0.2, 0.25) is 0 Å². The third-order valence-electron chi connectivity index (χ3n) is 5.32. The van der Waals surface area contributed by atoms with Gasteiger partial charge in [0.25, 0.3) is 5.91 Å². The van der Waals surface area contributed by atoms with Crippen molar-refractivity contribution in [1.82, 2.24) is 9.21 Å². The predicted molar refractivity (Wildman–Crippen MR) is 108 cm³/mol. The molecule has 3 rings (SSSR count). The number of piperidine rings is 1. The number of nitrogens with zero attached hydrogens (tertiary/aromatic N) is 2. The first-order valence-electron chi connectivity index (χ1n) is 10.0. The number of methoxy groups -OCH3 is 1. The second-order valence-electron chi connectivity index (χ2n) is 7.55. The minimum Gasteiger partial charge on any atom is -0.495 e. The standard InChI is InChI=1S/C20H28N2O7S/c1-15-4-3-7-21(13-15)19(23)14-29-20(24)16-5-6-17(27-2)18(12-16)30(25,26)22-8-10-28-11-9-22/h5-6,12,15H,3-4,7-11,13-14H2,1-2H3/t15-/m1/s1. The number of sulfonamides is 1. The molecule has 1 amide bonds. The summed E-state index contributed by atoms with van der Waals surface area (Å²) in [5.74, 6) is -0.441. The van der Waals surface area contributed by atoms with Crippen LogP contribution in [-0.4, -0.2) is 82.6 Å². The highest BCUT2D eigenvalue weighted by Crippen LogP contribution is 2.28. The Hall–Kier alpha value is -2.17. The topological polar surface area (TPSA) is 102 Å². The molecule has 0 aliphatic carbocycles. The van der Waals surface area contributed by atoms with Crippen LogP contribution in [0.1, 0.15) is 30.1 Å². The maximum absolute atomic E-state index is 13.0. The summed E-state index contributed by atoms with van der Waals surface area (Å²) in [5, 5.41) is 0. The third kappa shape index (κ3) is 5.11. The smallest absolute Gasteiger partial charge is 0.338 e. The first-order valence-corrected chi connectivity index (χ1v) is 11.5. The summed E-state index contributed by atoms with van der Waals surface area (Å²) in [6, 6.07) is 4.07. The van der Waals surface area contributed by atoms with Crippen LogP contribution in [0.3, 0.4) is 0 Å². The van der Waals surface area contributed by atoms with Crippen molar-refractivity contribution < 1.29 is 32.2 Å². The van der Waals surface area contributed by atoms with E-state index in [1.165, 1.54) is 29.6 Å². The van der Waals surface area contributed by atoms with Gasteiger partial charge in [-0.1, -0.05) is 6.92 Å². The Balaban J connectivity index is 1.72. The quantitative estimate of drug-likeness (QED) is 0.611. The van der Waals surface area contributed by atoms with E-state index in [2.05, 4.69) is 6.92 Å². The lowest BCUT2D eigenvalue weighted by atomic mass is 10.0. The van der Waals surface area contributed by atoms with Gasteiger partial charge in [-0.15, -0.1) is 0 Å². The maximum Gasteiger partial charge on any atom is 0.338 e. The summed E-state index contributed by atoms with van der Waals surface area (Å²) >= 11 is 0. The lowest BCUT2D eigenvalue weighted by Gasteiger charge is -2.30. The summed E-state index contributed by atoms with van der Waals surface area (Å²) in [7, 11) is -2.50. The van der Waals surface area contributed by atoms with Gasteiger partial charge in [-0.05, 0) is 37.0 Å². The van der Waals surface area contributed by atoms with Crippen molar-refractivity contribution in [3.8, 4) is 5.75 Å². The van der Waals surface area contributed by atoms with E-state index in [4.69, 9.17) is 14.2 Å². The van der Waals surface area contributed by atoms with E-state index in [9.17, 15) is 18.0 Å². The van der Waals surface area contributed by atoms with Gasteiger partial charge >= 0.3 is 5.97 Å². The van der Waals surface area contributed by atoms with Crippen LogP contribution in [0.15, 0.2) is 23.1 Å². The Morgan fingerprint density at radius 3 is 2.60 bits per heavy atom. The molecule has 1 atom stereocenters. The first-order chi connectivity index (χ1) is 14.3. The van der Waals surface area contributed by atoms with E-state index in [1.807, 2.05) is 0 Å². The molecule has 0 spiro atoms. The number of esters is 1. The van der Waals surface area contributed by atoms with Crippen molar-refractivity contribution in [2.24, 2.45) is 5.92 Å². The van der Waals surface area contributed by atoms with Crippen molar-refractivity contribution in [2.45, 2.75) is 24.7 Å². The molecular formula is C20H28N2O7S. The molecule has 2 aliphatic heterocycles. The van der Waals surface area contributed by atoms with Gasteiger partial charge in [-0.3, -0.25) is 4.79 Å². The zero-order valence-electron chi connectivity index (χ0n) is 17.3. The second-order valence-corrected chi connectivity index (χ2v) is 9.45. The number of amides is 1. The van der Waals surface area contributed by atoms with Gasteiger partial charge in [0.15, 0.2) is 6.61 Å². The van der Waals surface area contributed by atoms with Crippen LogP contribution in [0.25, 0.3) is 0 Å². The number of morpholine rings is 1. The SMILES string of the molecule is COc1ccc(C(=O)OCC(=O)N2CCC[C@@H](C)C2)cc1S(=O)(=O)N1CCOCC1. The van der Waals surface area contributed by atoms with E-state index in [-0.39, 0.29) is 41.8 Å². The van der Waals surface area contributed by atoms with Crippen molar-refractivity contribution >= 4 is 21.9 Å². The third-order valence-corrected chi connectivity index (χ3v) is 7.24. The van der Waals surface area contributed by atoms with E-state index in [1.54, 1.807) is 4.90 Å². The molecule has 2 aliphatic rings. The zero-order chi connectivity index (χ0) is 21.7. The highest BCUT2D eigenvalue weighted by molar-refractivity contribution is 7.89. The van der Waals surface area contributed by atoms with E-state index < -0.39 is 16.0 Å². The zero-order valence-corrected chi connectivity index (χ0v) is 18.2. The summed E-state index contributed by atoms with van der Waals surface area (Å²) in [4.78, 5) is 26.4. The number of ether oxygens (including phenoxy) is 3. The minimum atomic E-state index is -3.87. The molecular weight excluding hydrogens is 412 g/mol. The fourth-order valence-electron chi connectivity index (χ4n) is 3.65. The molecule has 0 unspecified atom stereocenters. The average Bonchev–Trinajstić information content (AvgIpc) is 2.77. The lowest BCUT2D eigenvalue weighted by Crippen LogP contribution is -2.41. The van der Waals surface area contributed by atoms with Crippen molar-refractivity contribution in [2.75, 3.05) is 53.1 Å². The number of rotatable bonds is 6. The van der Waals surface area contributed by atoms with Crippen LogP contribution in [0, 0.1) is 5.92 Å². The highest BCUT2D eigenvalue weighted by atomic mass is 32.2. The number of likely N-dealkylation sites (tertiary alicyclic amines) is 1. The molecule has 0 saturated carbocycles. The Bertz CT molecular complexity index is 881. The van der Waals surface area contributed by atoms with Crippen LogP contribution in [0.5, 0.6) is 5.75 Å². The number of hydrogen-bond donors (Lipinski definition) is 0. The second kappa shape index (κ2) is 9.76. The number of carbonyl (C=O) groups is 2. The molecule has 0 N–H and O–H groups in total. The van der Waals surface area contributed by atoms with Crippen molar-refractivity contribution in [1.29, 1.82) is 0 Å². The number of hydrogen-bond acceptors (Lipinski definition) is 7. The maximum atomic E-state index is 13.0. The van der Waals surface area contributed by atoms with E-state index in [0.29, 0.717) is 32.2 Å². The molecule has 0 aromatic heterocycles. The Morgan fingerprint density at radius 2 is 1.93 bits per heavy atom. The van der Waals surface area contributed by atoms with Gasteiger partial charge < -0.3 is 19.1 Å². The van der Waals surface area contributed by atoms with E-state index in [0.717, 1.165) is 12.8 Å². The fraction of sp³-hybridized carbons (Fsp3) is 0.600. The van der Waals surface area contributed by atoms with Gasteiger partial charge in [0.05, 0.1) is 25.9 Å². The molecule has 0 radical (unpaired) electrons. The van der Waals surface area contributed by atoms with Gasteiger partial charge in [-0.25, -0.2) is 13.2 Å². The van der Waals surface area contributed by atoms with E-state index >= 15 is 0 Å². The van der Waals surface area contributed by atoms with Gasteiger partial charge in [0.1, 0.15) is 10.6 Å². The molecule has 2 fully saturated rings. The Morgan fingerprint density at radius 1 is 1.20 bits per heavy atom. The summed E-state index contributed by atoms with van der Waals surface area (Å²) in [6.07, 6.45) is 2.01. The molecule has 166 valence electrons. The van der Waals surface area contributed by atoms with Gasteiger partial charge in [-0.2, -0.15) is 4.31 Å². The molecule has 9 nitrogen and oxygen atoms in total. The summed E-state index contributed by atoms with van der Waals surface area (Å²) < 4.78 is 42.9. The van der Waals surface area contributed by atoms with Crippen LogP contribution in [-0.2, 0) is 24.3 Å². The van der Waals surface area contributed by atoms with Crippen LogP contribution in [0.4, 0.5) is 0 Å². The first kappa shape index (κ1) is 22.5. The minimum absolute atomic E-state index is 0.0439. The summed E-state index contributed by atoms with van der Waals surface area (Å²) in [5.41, 5.74) is 0.0439. The Kier molecular flexibility index (Phi) is 7.32. The fourth-order valence-corrected chi connectivity index (χ4v) is 5.24. The number of benzene rings is 1. The van der Waals surface area contributed by atoms with Crippen LogP contribution >= 0.6 is 0 Å². The predicted octanol–water partition coefficient (Wildman–Crippen LogP) is 1.13. The number of carbonyl (C=O) groups excluding carboxylic acids is 2. The van der Waals surface area contributed by atoms with Crippen molar-refractivity contribution in [3.63, 3.8) is 0 Å². The largest absolute Gasteiger partial charge is 0.495 e. The lowest BCUT2D eigenvalue weighted by molar-refractivity contribution is -0.136. The molecule has 2 heterocycles. The molecule has 10 heteroatoms. The molecule has 1 aromatic rings. The molecule has 30 heavy (non-hydrogen) atoms. The Labute approximate surface area is 176 Å². The average molecular weight is 441 g/mol. The molecule has 0 bridgehead atoms. The van der Waals surface area contributed by atoms with Crippen molar-refractivity contribution in [3.05, 3.63) is 23.8 Å². The van der Waals surface area contributed by atoms with Crippen LogP contribution < -0.4 is 4.74 Å².